The topological polar surface area (TPSA) is 52.8 Å². The van der Waals surface area contributed by atoms with Gasteiger partial charge in [0, 0.05) is 29.4 Å². The second-order valence-corrected chi connectivity index (χ2v) is 5.66. The average Bonchev–Trinajstić information content (AvgIpc) is 3.04. The number of ether oxygens (including phenoxy) is 1. The predicted molar refractivity (Wildman–Crippen MR) is 92.1 cm³/mol. The molecule has 116 valence electrons. The molecule has 6 heteroatoms. The van der Waals surface area contributed by atoms with Gasteiger partial charge in [-0.05, 0) is 36.4 Å². The first-order valence-corrected chi connectivity index (χ1v) is 8.06. The van der Waals surface area contributed by atoms with E-state index in [-0.39, 0.29) is 0 Å². The maximum absolute atomic E-state index is 5.23. The third kappa shape index (κ3) is 3.27. The van der Waals surface area contributed by atoms with Gasteiger partial charge in [0.15, 0.2) is 11.0 Å². The van der Waals surface area contributed by atoms with Gasteiger partial charge >= 0.3 is 0 Å². The maximum atomic E-state index is 5.23. The Bertz CT molecular complexity index is 784. The van der Waals surface area contributed by atoms with E-state index in [9.17, 15) is 0 Å². The molecule has 0 unspecified atom stereocenters. The Morgan fingerprint density at radius 1 is 1.13 bits per heavy atom. The molecule has 0 saturated heterocycles. The normalized spacial score (nSPS) is 10.5. The number of hydrogen-bond donors (Lipinski definition) is 0. The molecular formula is C17H16N4OS. The fourth-order valence-corrected chi connectivity index (χ4v) is 2.84. The van der Waals surface area contributed by atoms with Crippen molar-refractivity contribution in [3.8, 4) is 22.8 Å². The molecule has 0 N–H and O–H groups in total. The van der Waals surface area contributed by atoms with Crippen LogP contribution in [0.25, 0.3) is 17.1 Å². The molecular weight excluding hydrogens is 308 g/mol. The molecule has 5 nitrogen and oxygen atoms in total. The summed E-state index contributed by atoms with van der Waals surface area (Å²) in [6.45, 7) is 3.76. The van der Waals surface area contributed by atoms with Crippen LogP contribution < -0.4 is 4.74 Å². The highest BCUT2D eigenvalue weighted by molar-refractivity contribution is 7.99. The molecule has 0 aliphatic heterocycles. The molecule has 0 atom stereocenters. The molecule has 0 amide bonds. The highest BCUT2D eigenvalue weighted by Gasteiger charge is 2.15. The second-order valence-electron chi connectivity index (χ2n) is 4.68. The van der Waals surface area contributed by atoms with E-state index in [0.29, 0.717) is 0 Å². The van der Waals surface area contributed by atoms with E-state index in [0.717, 1.165) is 33.7 Å². The van der Waals surface area contributed by atoms with Crippen molar-refractivity contribution >= 4 is 11.8 Å². The number of methoxy groups -OCH3 is 1. The molecule has 23 heavy (non-hydrogen) atoms. The van der Waals surface area contributed by atoms with Crippen molar-refractivity contribution in [2.24, 2.45) is 0 Å². The van der Waals surface area contributed by atoms with Gasteiger partial charge in [-0.2, -0.15) is 0 Å². The van der Waals surface area contributed by atoms with E-state index < -0.39 is 0 Å². The number of benzene rings is 1. The van der Waals surface area contributed by atoms with E-state index in [1.54, 1.807) is 31.3 Å². The van der Waals surface area contributed by atoms with Crippen molar-refractivity contribution in [2.75, 3.05) is 12.9 Å². The van der Waals surface area contributed by atoms with Gasteiger partial charge in [0.2, 0.25) is 0 Å². The fourth-order valence-electron chi connectivity index (χ4n) is 2.15. The zero-order valence-electron chi connectivity index (χ0n) is 12.7. The van der Waals surface area contributed by atoms with Crippen molar-refractivity contribution in [3.63, 3.8) is 0 Å². The lowest BCUT2D eigenvalue weighted by Crippen LogP contribution is -2.00. The number of rotatable bonds is 6. The number of thioether (sulfide) groups is 1. The van der Waals surface area contributed by atoms with Crippen molar-refractivity contribution in [2.45, 2.75) is 5.16 Å². The standard InChI is InChI=1S/C17H16N4OS/c1-3-12-23-17-20-19-16(13-8-10-18-11-9-13)21(17)14-4-6-15(22-2)7-5-14/h3-11H,1,12H2,2H3. The highest BCUT2D eigenvalue weighted by Crippen LogP contribution is 2.28. The summed E-state index contributed by atoms with van der Waals surface area (Å²) in [7, 11) is 1.65. The van der Waals surface area contributed by atoms with Gasteiger partial charge in [-0.1, -0.05) is 17.8 Å². The molecule has 0 aliphatic rings. The molecule has 3 rings (SSSR count). The molecule has 0 spiro atoms. The highest BCUT2D eigenvalue weighted by atomic mass is 32.2. The lowest BCUT2D eigenvalue weighted by atomic mass is 10.2. The summed E-state index contributed by atoms with van der Waals surface area (Å²) >= 11 is 1.59. The quantitative estimate of drug-likeness (QED) is 0.512. The average molecular weight is 324 g/mol. The molecule has 0 saturated carbocycles. The van der Waals surface area contributed by atoms with E-state index in [4.69, 9.17) is 4.74 Å². The van der Waals surface area contributed by atoms with Crippen molar-refractivity contribution in [3.05, 3.63) is 61.4 Å². The van der Waals surface area contributed by atoms with E-state index in [2.05, 4.69) is 21.8 Å². The van der Waals surface area contributed by atoms with Crippen LogP contribution in [0.3, 0.4) is 0 Å². The van der Waals surface area contributed by atoms with Gasteiger partial charge in [-0.3, -0.25) is 9.55 Å². The zero-order valence-corrected chi connectivity index (χ0v) is 13.5. The van der Waals surface area contributed by atoms with Crippen LogP contribution in [0.2, 0.25) is 0 Å². The summed E-state index contributed by atoms with van der Waals surface area (Å²) in [6.07, 6.45) is 5.35. The molecule has 0 fully saturated rings. The minimum absolute atomic E-state index is 0.768. The lowest BCUT2D eigenvalue weighted by molar-refractivity contribution is 0.414. The lowest BCUT2D eigenvalue weighted by Gasteiger charge is -2.10. The van der Waals surface area contributed by atoms with Gasteiger partial charge < -0.3 is 4.74 Å². The van der Waals surface area contributed by atoms with Crippen LogP contribution in [0, 0.1) is 0 Å². The first-order chi connectivity index (χ1) is 11.3. The van der Waals surface area contributed by atoms with Crippen molar-refractivity contribution in [1.29, 1.82) is 0 Å². The van der Waals surface area contributed by atoms with Crippen LogP contribution in [0.4, 0.5) is 0 Å². The molecule has 0 radical (unpaired) electrons. The molecule has 0 aliphatic carbocycles. The first kappa shape index (κ1) is 15.3. The predicted octanol–water partition coefficient (Wildman–Crippen LogP) is 3.62. The number of aromatic nitrogens is 4. The molecule has 3 aromatic rings. The van der Waals surface area contributed by atoms with Gasteiger partial charge in [0.1, 0.15) is 5.75 Å². The van der Waals surface area contributed by atoms with Crippen LogP contribution >= 0.6 is 11.8 Å². The summed E-state index contributed by atoms with van der Waals surface area (Å²) in [4.78, 5) is 4.06. The SMILES string of the molecule is C=CCSc1nnc(-c2ccncc2)n1-c1ccc(OC)cc1. The summed E-state index contributed by atoms with van der Waals surface area (Å²) in [5, 5.41) is 9.50. The Morgan fingerprint density at radius 2 is 1.87 bits per heavy atom. The van der Waals surface area contributed by atoms with Gasteiger partial charge in [-0.15, -0.1) is 16.8 Å². The summed E-state index contributed by atoms with van der Waals surface area (Å²) in [6, 6.07) is 11.7. The fraction of sp³-hybridized carbons (Fsp3) is 0.118. The number of hydrogen-bond acceptors (Lipinski definition) is 5. The third-order valence-electron chi connectivity index (χ3n) is 3.23. The minimum Gasteiger partial charge on any atom is -0.497 e. The second kappa shape index (κ2) is 7.11. The van der Waals surface area contributed by atoms with E-state index >= 15 is 0 Å². The van der Waals surface area contributed by atoms with Crippen LogP contribution in [-0.4, -0.2) is 32.6 Å². The Kier molecular flexibility index (Phi) is 4.73. The number of pyridine rings is 1. The minimum atomic E-state index is 0.768. The van der Waals surface area contributed by atoms with Gasteiger partial charge in [0.05, 0.1) is 7.11 Å². The Balaban J connectivity index is 2.10. The maximum Gasteiger partial charge on any atom is 0.196 e. The van der Waals surface area contributed by atoms with Gasteiger partial charge in [-0.25, -0.2) is 0 Å². The molecule has 0 bridgehead atoms. The first-order valence-electron chi connectivity index (χ1n) is 7.07. The largest absolute Gasteiger partial charge is 0.497 e. The van der Waals surface area contributed by atoms with Gasteiger partial charge in [0.25, 0.3) is 0 Å². The third-order valence-corrected chi connectivity index (χ3v) is 4.16. The Hall–Kier alpha value is -2.60. The Morgan fingerprint density at radius 3 is 2.52 bits per heavy atom. The monoisotopic (exact) mass is 324 g/mol. The summed E-state index contributed by atoms with van der Waals surface area (Å²) < 4.78 is 7.26. The summed E-state index contributed by atoms with van der Waals surface area (Å²) in [5.74, 6) is 2.36. The van der Waals surface area contributed by atoms with Crippen molar-refractivity contribution in [1.82, 2.24) is 19.7 Å². The van der Waals surface area contributed by atoms with Crippen LogP contribution in [0.15, 0.2) is 66.6 Å². The molecule has 2 aromatic heterocycles. The van der Waals surface area contributed by atoms with Crippen molar-refractivity contribution < 1.29 is 4.74 Å². The van der Waals surface area contributed by atoms with Crippen LogP contribution in [0.5, 0.6) is 5.75 Å². The molecule has 2 heterocycles. The summed E-state index contributed by atoms with van der Waals surface area (Å²) in [5.41, 5.74) is 1.95. The van der Waals surface area contributed by atoms with E-state index in [1.165, 1.54) is 0 Å². The zero-order chi connectivity index (χ0) is 16.1. The number of nitrogens with zero attached hydrogens (tertiary/aromatic N) is 4. The van der Waals surface area contributed by atoms with E-state index in [1.807, 2.05) is 47.0 Å². The smallest absolute Gasteiger partial charge is 0.196 e. The Labute approximate surface area is 139 Å². The van der Waals surface area contributed by atoms with Crippen LogP contribution in [-0.2, 0) is 0 Å². The molecule has 1 aromatic carbocycles. The van der Waals surface area contributed by atoms with Crippen LogP contribution in [0.1, 0.15) is 0 Å².